The molecule has 0 atom stereocenters. The zero-order valence-corrected chi connectivity index (χ0v) is 11.2. The minimum absolute atomic E-state index is 0.111. The van der Waals surface area contributed by atoms with E-state index < -0.39 is 5.54 Å². The minimum atomic E-state index is -0.795. The van der Waals surface area contributed by atoms with Crippen LogP contribution in [0.1, 0.15) is 19.4 Å². The molecule has 0 aromatic heterocycles. The van der Waals surface area contributed by atoms with Crippen LogP contribution in [-0.2, 0) is 9.59 Å². The van der Waals surface area contributed by atoms with Crippen LogP contribution in [0.15, 0.2) is 36.4 Å². The monoisotopic (exact) mass is 258 g/mol. The molecule has 0 saturated carbocycles. The topological polar surface area (TPSA) is 49.4 Å². The van der Waals surface area contributed by atoms with Gasteiger partial charge in [-0.2, -0.15) is 0 Å². The molecule has 0 aliphatic carbocycles. The van der Waals surface area contributed by atoms with Gasteiger partial charge in [0, 0.05) is 19.2 Å². The van der Waals surface area contributed by atoms with Crippen molar-refractivity contribution in [1.29, 1.82) is 0 Å². The van der Waals surface area contributed by atoms with Crippen LogP contribution in [0.4, 0.5) is 0 Å². The first-order valence-electron chi connectivity index (χ1n) is 6.35. The molecule has 0 radical (unpaired) electrons. The number of carbonyl (C=O) groups is 2. The van der Waals surface area contributed by atoms with Gasteiger partial charge in [-0.05, 0) is 25.5 Å². The first-order chi connectivity index (χ1) is 9.01. The molecule has 1 fully saturated rings. The molecule has 0 bridgehead atoms. The predicted octanol–water partition coefficient (Wildman–Crippen LogP) is 1.44. The number of benzene rings is 1. The SMILES string of the molecule is CC1(C)C(=O)NCCN1C(=O)/C=C/c1ccccc1. The summed E-state index contributed by atoms with van der Waals surface area (Å²) in [6.45, 7) is 4.56. The molecule has 1 N–H and O–H groups in total. The highest BCUT2D eigenvalue weighted by atomic mass is 16.2. The van der Waals surface area contributed by atoms with E-state index >= 15 is 0 Å². The van der Waals surface area contributed by atoms with Crippen molar-refractivity contribution in [3.8, 4) is 0 Å². The molecule has 0 spiro atoms. The fourth-order valence-corrected chi connectivity index (χ4v) is 2.11. The zero-order chi connectivity index (χ0) is 13.9. The fourth-order valence-electron chi connectivity index (χ4n) is 2.11. The molecule has 2 rings (SSSR count). The molecule has 2 amide bonds. The molecule has 1 aliphatic rings. The van der Waals surface area contributed by atoms with Crippen LogP contribution in [-0.4, -0.2) is 35.3 Å². The van der Waals surface area contributed by atoms with Gasteiger partial charge < -0.3 is 10.2 Å². The molecular formula is C15H18N2O2. The highest BCUT2D eigenvalue weighted by Crippen LogP contribution is 2.18. The normalized spacial score (nSPS) is 18.4. The smallest absolute Gasteiger partial charge is 0.247 e. The Morgan fingerprint density at radius 2 is 2.00 bits per heavy atom. The third-order valence-corrected chi connectivity index (χ3v) is 3.34. The highest BCUT2D eigenvalue weighted by Gasteiger charge is 2.39. The van der Waals surface area contributed by atoms with Gasteiger partial charge in [-0.15, -0.1) is 0 Å². The molecule has 1 saturated heterocycles. The number of nitrogens with zero attached hydrogens (tertiary/aromatic N) is 1. The molecule has 1 aromatic rings. The summed E-state index contributed by atoms with van der Waals surface area (Å²) in [5.41, 5.74) is 0.172. The molecule has 19 heavy (non-hydrogen) atoms. The fraction of sp³-hybridized carbons (Fsp3) is 0.333. The van der Waals surface area contributed by atoms with Crippen LogP contribution in [0.25, 0.3) is 6.08 Å². The Bertz CT molecular complexity index is 506. The third-order valence-electron chi connectivity index (χ3n) is 3.34. The average Bonchev–Trinajstić information content (AvgIpc) is 2.40. The second-order valence-corrected chi connectivity index (χ2v) is 5.05. The van der Waals surface area contributed by atoms with Crippen LogP contribution < -0.4 is 5.32 Å². The number of nitrogens with one attached hydrogen (secondary N) is 1. The van der Waals surface area contributed by atoms with E-state index in [0.29, 0.717) is 13.1 Å². The van der Waals surface area contributed by atoms with Gasteiger partial charge in [-0.25, -0.2) is 0 Å². The summed E-state index contributed by atoms with van der Waals surface area (Å²) in [5.74, 6) is -0.246. The van der Waals surface area contributed by atoms with E-state index in [2.05, 4.69) is 5.32 Å². The van der Waals surface area contributed by atoms with Gasteiger partial charge in [-0.3, -0.25) is 9.59 Å². The summed E-state index contributed by atoms with van der Waals surface area (Å²) in [4.78, 5) is 25.6. The van der Waals surface area contributed by atoms with Crippen molar-refractivity contribution in [2.24, 2.45) is 0 Å². The molecule has 1 aromatic carbocycles. The Kier molecular flexibility index (Phi) is 3.69. The largest absolute Gasteiger partial charge is 0.352 e. The number of hydrogen-bond acceptors (Lipinski definition) is 2. The summed E-state index contributed by atoms with van der Waals surface area (Å²) in [7, 11) is 0. The zero-order valence-electron chi connectivity index (χ0n) is 11.2. The van der Waals surface area contributed by atoms with Gasteiger partial charge in [0.05, 0.1) is 0 Å². The van der Waals surface area contributed by atoms with Crippen molar-refractivity contribution >= 4 is 17.9 Å². The van der Waals surface area contributed by atoms with Crippen molar-refractivity contribution < 1.29 is 9.59 Å². The Morgan fingerprint density at radius 1 is 1.32 bits per heavy atom. The quantitative estimate of drug-likeness (QED) is 0.816. The van der Waals surface area contributed by atoms with Crippen LogP contribution >= 0.6 is 0 Å². The molecule has 1 aliphatic heterocycles. The van der Waals surface area contributed by atoms with Crippen LogP contribution in [0.3, 0.4) is 0 Å². The van der Waals surface area contributed by atoms with Crippen molar-refractivity contribution in [2.75, 3.05) is 13.1 Å². The van der Waals surface area contributed by atoms with Gasteiger partial charge >= 0.3 is 0 Å². The van der Waals surface area contributed by atoms with E-state index in [1.165, 1.54) is 6.08 Å². The number of amides is 2. The summed E-state index contributed by atoms with van der Waals surface area (Å²) in [6.07, 6.45) is 3.29. The Hall–Kier alpha value is -2.10. The van der Waals surface area contributed by atoms with Crippen molar-refractivity contribution in [3.63, 3.8) is 0 Å². The number of rotatable bonds is 2. The molecule has 4 heteroatoms. The molecule has 4 nitrogen and oxygen atoms in total. The first-order valence-corrected chi connectivity index (χ1v) is 6.35. The van der Waals surface area contributed by atoms with E-state index in [9.17, 15) is 9.59 Å². The summed E-state index contributed by atoms with van der Waals surface area (Å²) >= 11 is 0. The van der Waals surface area contributed by atoms with E-state index in [1.54, 1.807) is 24.8 Å². The maximum Gasteiger partial charge on any atom is 0.247 e. The predicted molar refractivity (Wildman–Crippen MR) is 74.3 cm³/mol. The Balaban J connectivity index is 2.11. The van der Waals surface area contributed by atoms with Crippen molar-refractivity contribution in [2.45, 2.75) is 19.4 Å². The highest BCUT2D eigenvalue weighted by molar-refractivity contribution is 5.97. The van der Waals surface area contributed by atoms with Crippen LogP contribution in [0.2, 0.25) is 0 Å². The lowest BCUT2D eigenvalue weighted by molar-refractivity contribution is -0.146. The summed E-state index contributed by atoms with van der Waals surface area (Å²) in [5, 5.41) is 2.77. The average molecular weight is 258 g/mol. The molecule has 100 valence electrons. The Morgan fingerprint density at radius 3 is 2.68 bits per heavy atom. The van der Waals surface area contributed by atoms with Gasteiger partial charge in [-0.1, -0.05) is 30.3 Å². The van der Waals surface area contributed by atoms with Crippen LogP contribution in [0.5, 0.6) is 0 Å². The summed E-state index contributed by atoms with van der Waals surface area (Å²) in [6, 6.07) is 9.62. The minimum Gasteiger partial charge on any atom is -0.352 e. The van der Waals surface area contributed by atoms with E-state index in [4.69, 9.17) is 0 Å². The second-order valence-electron chi connectivity index (χ2n) is 5.05. The van der Waals surface area contributed by atoms with E-state index in [0.717, 1.165) is 5.56 Å². The Labute approximate surface area is 113 Å². The number of piperazine rings is 1. The summed E-state index contributed by atoms with van der Waals surface area (Å²) < 4.78 is 0. The maximum absolute atomic E-state index is 12.2. The first kappa shape index (κ1) is 13.3. The van der Waals surface area contributed by atoms with Crippen molar-refractivity contribution in [1.82, 2.24) is 10.2 Å². The third kappa shape index (κ3) is 2.84. The van der Waals surface area contributed by atoms with Crippen molar-refractivity contribution in [3.05, 3.63) is 42.0 Å². The standard InChI is InChI=1S/C15H18N2O2/c1-15(2)14(19)16-10-11-17(15)13(18)9-8-12-6-4-3-5-7-12/h3-9H,10-11H2,1-2H3,(H,16,19)/b9-8+. The second kappa shape index (κ2) is 5.26. The van der Waals surface area contributed by atoms with Gasteiger partial charge in [0.15, 0.2) is 0 Å². The lowest BCUT2D eigenvalue weighted by Gasteiger charge is -2.40. The lowest BCUT2D eigenvalue weighted by Crippen LogP contribution is -2.63. The van der Waals surface area contributed by atoms with E-state index in [1.807, 2.05) is 30.3 Å². The van der Waals surface area contributed by atoms with Gasteiger partial charge in [0.1, 0.15) is 5.54 Å². The van der Waals surface area contributed by atoms with Gasteiger partial charge in [0.2, 0.25) is 11.8 Å². The van der Waals surface area contributed by atoms with Gasteiger partial charge in [0.25, 0.3) is 0 Å². The van der Waals surface area contributed by atoms with Crippen LogP contribution in [0, 0.1) is 0 Å². The molecular weight excluding hydrogens is 240 g/mol. The maximum atomic E-state index is 12.2. The lowest BCUT2D eigenvalue weighted by atomic mass is 9.98. The molecule has 0 unspecified atom stereocenters. The number of carbonyl (C=O) groups excluding carboxylic acids is 2. The number of hydrogen-bond donors (Lipinski definition) is 1. The molecule has 1 heterocycles. The van der Waals surface area contributed by atoms with E-state index in [-0.39, 0.29) is 11.8 Å².